The minimum atomic E-state index is 0.0743. The second-order valence-electron chi connectivity index (χ2n) is 8.59. The highest BCUT2D eigenvalue weighted by Crippen LogP contribution is 2.28. The Kier molecular flexibility index (Phi) is 5.24. The Morgan fingerprint density at radius 1 is 1.26 bits per heavy atom. The number of carbonyl (C=O) groups excluding carboxylic acids is 1. The number of rotatable bonds is 5. The van der Waals surface area contributed by atoms with Crippen molar-refractivity contribution in [2.75, 3.05) is 19.6 Å². The summed E-state index contributed by atoms with van der Waals surface area (Å²) in [6, 6.07) is 9.95. The Hall–Kier alpha value is -1.85. The maximum atomic E-state index is 12.3. The first kappa shape index (κ1) is 18.5. The van der Waals surface area contributed by atoms with Gasteiger partial charge in [-0.25, -0.2) is 0 Å². The molecular formula is C22H32N4O. The molecule has 0 radical (unpaired) electrons. The number of fused-ring (bicyclic) bond motifs is 2. The second kappa shape index (κ2) is 7.64. The summed E-state index contributed by atoms with van der Waals surface area (Å²) in [5.74, 6) is 0.0743. The van der Waals surface area contributed by atoms with E-state index in [1.165, 1.54) is 36.9 Å². The fourth-order valence-electron chi connectivity index (χ4n) is 4.79. The van der Waals surface area contributed by atoms with E-state index in [4.69, 9.17) is 0 Å². The monoisotopic (exact) mass is 368 g/mol. The van der Waals surface area contributed by atoms with Gasteiger partial charge in [0.2, 0.25) is 5.91 Å². The van der Waals surface area contributed by atoms with Crippen LogP contribution in [0.25, 0.3) is 10.9 Å². The maximum absolute atomic E-state index is 12.3. The van der Waals surface area contributed by atoms with E-state index in [1.54, 1.807) is 0 Å². The number of hydrogen-bond donors (Lipinski definition) is 1. The third-order valence-electron chi connectivity index (χ3n) is 6.07. The lowest BCUT2D eigenvalue weighted by Gasteiger charge is -2.42. The van der Waals surface area contributed by atoms with Gasteiger partial charge in [-0.05, 0) is 51.8 Å². The summed E-state index contributed by atoms with van der Waals surface area (Å²) in [6.45, 7) is 11.3. The van der Waals surface area contributed by atoms with Gasteiger partial charge in [-0.15, -0.1) is 0 Å². The van der Waals surface area contributed by atoms with Gasteiger partial charge < -0.3 is 9.88 Å². The van der Waals surface area contributed by atoms with Crippen molar-refractivity contribution in [3.63, 3.8) is 0 Å². The van der Waals surface area contributed by atoms with Crippen molar-refractivity contribution < 1.29 is 4.79 Å². The van der Waals surface area contributed by atoms with E-state index in [0.717, 1.165) is 24.6 Å². The molecule has 0 spiro atoms. The summed E-state index contributed by atoms with van der Waals surface area (Å²) < 4.78 is 2.11. The summed E-state index contributed by atoms with van der Waals surface area (Å²) >= 11 is 0. The second-order valence-corrected chi connectivity index (χ2v) is 8.59. The first-order valence-electron chi connectivity index (χ1n) is 10.4. The van der Waals surface area contributed by atoms with Gasteiger partial charge in [-0.2, -0.15) is 0 Å². The Bertz CT molecular complexity index is 812. The molecule has 2 aliphatic rings. The molecular weight excluding hydrogens is 336 g/mol. The zero-order valence-electron chi connectivity index (χ0n) is 16.8. The van der Waals surface area contributed by atoms with Gasteiger partial charge in [0.05, 0.1) is 0 Å². The van der Waals surface area contributed by atoms with Gasteiger partial charge in [0, 0.05) is 54.9 Å². The zero-order chi connectivity index (χ0) is 19.0. The van der Waals surface area contributed by atoms with Crippen LogP contribution in [0, 0.1) is 0 Å². The molecule has 2 atom stereocenters. The number of aromatic nitrogens is 1. The van der Waals surface area contributed by atoms with E-state index in [0.29, 0.717) is 12.6 Å². The van der Waals surface area contributed by atoms with Crippen LogP contribution < -0.4 is 5.32 Å². The molecule has 2 saturated heterocycles. The number of benzene rings is 1. The van der Waals surface area contributed by atoms with Gasteiger partial charge in [0.1, 0.15) is 6.54 Å². The molecule has 146 valence electrons. The van der Waals surface area contributed by atoms with Crippen LogP contribution >= 0.6 is 0 Å². The van der Waals surface area contributed by atoms with E-state index < -0.39 is 0 Å². The molecule has 1 aromatic carbocycles. The topological polar surface area (TPSA) is 40.5 Å². The maximum Gasteiger partial charge on any atom is 0.240 e. The van der Waals surface area contributed by atoms with Crippen molar-refractivity contribution in [2.24, 2.45) is 0 Å². The quantitative estimate of drug-likeness (QED) is 0.882. The van der Waals surface area contributed by atoms with Crippen LogP contribution in [0.2, 0.25) is 0 Å². The van der Waals surface area contributed by atoms with Gasteiger partial charge in [-0.3, -0.25) is 14.6 Å². The van der Waals surface area contributed by atoms with E-state index in [9.17, 15) is 4.79 Å². The summed E-state index contributed by atoms with van der Waals surface area (Å²) in [5, 5.41) is 4.28. The lowest BCUT2D eigenvalue weighted by Crippen LogP contribution is -2.54. The molecule has 2 aromatic rings. The first-order chi connectivity index (χ1) is 13.0. The van der Waals surface area contributed by atoms with E-state index in [1.807, 2.05) is 13.8 Å². The number of para-hydroxylation sites is 1. The van der Waals surface area contributed by atoms with Crippen LogP contribution in [0.15, 0.2) is 30.5 Å². The average Bonchev–Trinajstić information content (AvgIpc) is 3.20. The molecule has 2 aliphatic heterocycles. The number of carbonyl (C=O) groups is 1. The standard InChI is InChI=1S/C22H32N4O/c1-16(2)23-22(27)15-26-13-18(20-8-4-5-9-21(20)26)12-25-14-19-7-6-10-24(19)11-17(25)3/h4-5,8-9,13,16-17,19H,6-7,10-12,14-15H2,1-3H3,(H,23,27)/t17-,19?/m1/s1. The fourth-order valence-corrected chi connectivity index (χ4v) is 4.79. The van der Waals surface area contributed by atoms with Gasteiger partial charge in [0.15, 0.2) is 0 Å². The number of piperazine rings is 1. The van der Waals surface area contributed by atoms with Crippen molar-refractivity contribution in [1.82, 2.24) is 19.7 Å². The molecule has 1 unspecified atom stereocenters. The number of nitrogens with zero attached hydrogens (tertiary/aromatic N) is 3. The molecule has 5 nitrogen and oxygen atoms in total. The molecule has 1 N–H and O–H groups in total. The lowest BCUT2D eigenvalue weighted by molar-refractivity contribution is -0.122. The third kappa shape index (κ3) is 3.90. The zero-order valence-corrected chi connectivity index (χ0v) is 16.8. The van der Waals surface area contributed by atoms with Crippen LogP contribution in [-0.2, 0) is 17.9 Å². The van der Waals surface area contributed by atoms with Crippen LogP contribution in [-0.4, -0.2) is 58.0 Å². The molecule has 3 heterocycles. The number of hydrogen-bond acceptors (Lipinski definition) is 3. The molecule has 27 heavy (non-hydrogen) atoms. The molecule has 1 amide bonds. The van der Waals surface area contributed by atoms with Crippen LogP contribution in [0.3, 0.4) is 0 Å². The Labute approximate surface area is 162 Å². The highest BCUT2D eigenvalue weighted by Gasteiger charge is 2.34. The highest BCUT2D eigenvalue weighted by molar-refractivity contribution is 5.86. The first-order valence-corrected chi connectivity index (χ1v) is 10.4. The molecule has 0 bridgehead atoms. The van der Waals surface area contributed by atoms with Crippen LogP contribution in [0.4, 0.5) is 0 Å². The van der Waals surface area contributed by atoms with Crippen LogP contribution in [0.5, 0.6) is 0 Å². The normalized spacial score (nSPS) is 23.9. The number of amides is 1. The van der Waals surface area contributed by atoms with Gasteiger partial charge >= 0.3 is 0 Å². The van der Waals surface area contributed by atoms with E-state index in [-0.39, 0.29) is 11.9 Å². The van der Waals surface area contributed by atoms with Crippen molar-refractivity contribution in [1.29, 1.82) is 0 Å². The Balaban J connectivity index is 1.55. The van der Waals surface area contributed by atoms with Crippen LogP contribution in [0.1, 0.15) is 39.2 Å². The van der Waals surface area contributed by atoms with E-state index in [2.05, 4.69) is 57.1 Å². The van der Waals surface area contributed by atoms with Crippen molar-refractivity contribution in [3.8, 4) is 0 Å². The number of nitrogens with one attached hydrogen (secondary N) is 1. The summed E-state index contributed by atoms with van der Waals surface area (Å²) in [6.07, 6.45) is 4.87. The van der Waals surface area contributed by atoms with Gasteiger partial charge in [0.25, 0.3) is 0 Å². The lowest BCUT2D eigenvalue weighted by atomic mass is 10.1. The molecule has 0 aliphatic carbocycles. The molecule has 2 fully saturated rings. The molecule has 4 rings (SSSR count). The molecule has 1 aromatic heterocycles. The Morgan fingerprint density at radius 3 is 2.89 bits per heavy atom. The van der Waals surface area contributed by atoms with E-state index >= 15 is 0 Å². The average molecular weight is 369 g/mol. The Morgan fingerprint density at radius 2 is 2.07 bits per heavy atom. The van der Waals surface area contributed by atoms with Gasteiger partial charge in [-0.1, -0.05) is 18.2 Å². The SMILES string of the molecule is CC(C)NC(=O)Cn1cc(CN2CC3CCCN3C[C@H]2C)c2ccccc21. The van der Waals surface area contributed by atoms with Crippen molar-refractivity contribution >= 4 is 16.8 Å². The summed E-state index contributed by atoms with van der Waals surface area (Å²) in [4.78, 5) is 17.6. The smallest absolute Gasteiger partial charge is 0.240 e. The fraction of sp³-hybridized carbons (Fsp3) is 0.591. The largest absolute Gasteiger partial charge is 0.352 e. The summed E-state index contributed by atoms with van der Waals surface area (Å²) in [7, 11) is 0. The predicted molar refractivity (Wildman–Crippen MR) is 110 cm³/mol. The van der Waals surface area contributed by atoms with Crippen molar-refractivity contribution in [2.45, 2.75) is 64.8 Å². The minimum Gasteiger partial charge on any atom is -0.352 e. The third-order valence-corrected chi connectivity index (χ3v) is 6.07. The molecule has 0 saturated carbocycles. The summed E-state index contributed by atoms with van der Waals surface area (Å²) in [5.41, 5.74) is 2.49. The predicted octanol–water partition coefficient (Wildman–Crippen LogP) is 2.83. The highest BCUT2D eigenvalue weighted by atomic mass is 16.2. The van der Waals surface area contributed by atoms with Crippen molar-refractivity contribution in [3.05, 3.63) is 36.0 Å². The molecule has 5 heteroatoms. The minimum absolute atomic E-state index is 0.0743.